The minimum absolute atomic E-state index is 0.0169. The average molecular weight is 497 g/mol. The van der Waals surface area contributed by atoms with Crippen LogP contribution in [0.2, 0.25) is 5.02 Å². The zero-order valence-corrected chi connectivity index (χ0v) is 19.9. The third-order valence-electron chi connectivity index (χ3n) is 5.37. The van der Waals surface area contributed by atoms with Gasteiger partial charge in [-0.3, -0.25) is 9.59 Å². The maximum atomic E-state index is 13.1. The van der Waals surface area contributed by atoms with Gasteiger partial charge in [-0.05, 0) is 55.3 Å². The fourth-order valence-electron chi connectivity index (χ4n) is 3.47. The zero-order valence-electron chi connectivity index (χ0n) is 18.4. The number of rotatable bonds is 7. The molecule has 1 fully saturated rings. The molecule has 11 heteroatoms. The van der Waals surface area contributed by atoms with Crippen LogP contribution in [0.15, 0.2) is 41.3 Å². The third kappa shape index (κ3) is 5.64. The summed E-state index contributed by atoms with van der Waals surface area (Å²) in [4.78, 5) is 25.0. The van der Waals surface area contributed by atoms with Crippen LogP contribution in [-0.2, 0) is 24.3 Å². The normalized spacial score (nSPS) is 18.7. The first-order valence-electron chi connectivity index (χ1n) is 10.1. The Kier molecular flexibility index (Phi) is 7.63. The van der Waals surface area contributed by atoms with Crippen molar-refractivity contribution in [2.75, 3.05) is 25.6 Å². The molecule has 1 heterocycles. The lowest BCUT2D eigenvalue weighted by Crippen LogP contribution is -2.42. The highest BCUT2D eigenvalue weighted by Crippen LogP contribution is 2.29. The van der Waals surface area contributed by atoms with E-state index in [1.807, 2.05) is 6.92 Å². The lowest BCUT2D eigenvalue weighted by atomic mass is 10.1. The number of anilines is 1. The molecule has 2 aromatic rings. The van der Waals surface area contributed by atoms with Crippen LogP contribution < -0.4 is 10.1 Å². The highest BCUT2D eigenvalue weighted by atomic mass is 35.5. The van der Waals surface area contributed by atoms with Crippen molar-refractivity contribution in [3.05, 3.63) is 52.5 Å². The summed E-state index contributed by atoms with van der Waals surface area (Å²) in [5.74, 6) is -1.22. The van der Waals surface area contributed by atoms with E-state index in [-0.39, 0.29) is 17.9 Å². The predicted octanol–water partition coefficient (Wildman–Crippen LogP) is 2.27. The van der Waals surface area contributed by atoms with E-state index in [0.717, 1.165) is 15.4 Å². The summed E-state index contributed by atoms with van der Waals surface area (Å²) in [7, 11) is -2.64. The molecule has 1 aliphatic rings. The van der Waals surface area contributed by atoms with Gasteiger partial charge in [0.2, 0.25) is 10.0 Å². The van der Waals surface area contributed by atoms with Crippen molar-refractivity contribution in [2.24, 2.45) is 0 Å². The second-order valence-electron chi connectivity index (χ2n) is 7.73. The van der Waals surface area contributed by atoms with Crippen molar-refractivity contribution in [3.63, 3.8) is 0 Å². The van der Waals surface area contributed by atoms with Gasteiger partial charge in [-0.2, -0.15) is 4.31 Å². The predicted molar refractivity (Wildman–Crippen MR) is 122 cm³/mol. The van der Waals surface area contributed by atoms with Crippen LogP contribution in [0.5, 0.6) is 5.75 Å². The molecule has 0 aliphatic carbocycles. The lowest BCUT2D eigenvalue weighted by molar-refractivity contribution is -0.150. The second kappa shape index (κ2) is 10.1. The van der Waals surface area contributed by atoms with E-state index in [0.29, 0.717) is 16.5 Å². The molecule has 2 aromatic carbocycles. The number of nitrogens with zero attached hydrogens (tertiary/aromatic N) is 1. The van der Waals surface area contributed by atoms with Crippen molar-refractivity contribution in [1.82, 2.24) is 4.31 Å². The molecule has 0 aromatic heterocycles. The number of halogens is 1. The minimum atomic E-state index is -4.07. The van der Waals surface area contributed by atoms with Crippen LogP contribution in [0, 0.1) is 13.8 Å². The first-order chi connectivity index (χ1) is 15.5. The molecule has 0 bridgehead atoms. The van der Waals surface area contributed by atoms with E-state index in [9.17, 15) is 23.1 Å². The Morgan fingerprint density at radius 1 is 1.18 bits per heavy atom. The molecule has 178 valence electrons. The summed E-state index contributed by atoms with van der Waals surface area (Å²) < 4.78 is 37.4. The number of β-amino-alcohol motifs (C(OH)–C–C–N with tert-alkyl or cyclic N) is 1. The van der Waals surface area contributed by atoms with E-state index in [1.54, 1.807) is 25.1 Å². The van der Waals surface area contributed by atoms with E-state index in [4.69, 9.17) is 21.1 Å². The number of sulfonamides is 1. The fraction of sp³-hybridized carbons (Fsp3) is 0.364. The van der Waals surface area contributed by atoms with Gasteiger partial charge in [-0.1, -0.05) is 17.7 Å². The SMILES string of the molecule is COc1ccc(Cl)cc1NC(=O)COC(=O)[C@@H]1CC(O)CN1S(=O)(=O)c1ccc(C)c(C)c1. The van der Waals surface area contributed by atoms with Crippen LogP contribution >= 0.6 is 11.6 Å². The highest BCUT2D eigenvalue weighted by molar-refractivity contribution is 7.89. The number of amides is 1. The quantitative estimate of drug-likeness (QED) is 0.564. The molecular weight excluding hydrogens is 472 g/mol. The Bertz CT molecular complexity index is 1170. The van der Waals surface area contributed by atoms with Gasteiger partial charge in [0.05, 0.1) is 23.8 Å². The number of nitrogens with one attached hydrogen (secondary N) is 1. The van der Waals surface area contributed by atoms with Crippen molar-refractivity contribution < 1.29 is 32.6 Å². The molecule has 1 amide bonds. The summed E-state index contributed by atoms with van der Waals surface area (Å²) in [6.07, 6.45) is -1.17. The van der Waals surface area contributed by atoms with Crippen LogP contribution in [-0.4, -0.2) is 62.1 Å². The summed E-state index contributed by atoms with van der Waals surface area (Å²) in [5, 5.41) is 13.0. The molecule has 1 aliphatic heterocycles. The maximum Gasteiger partial charge on any atom is 0.325 e. The van der Waals surface area contributed by atoms with Gasteiger partial charge in [0.15, 0.2) is 6.61 Å². The largest absolute Gasteiger partial charge is 0.495 e. The molecule has 0 spiro atoms. The summed E-state index contributed by atoms with van der Waals surface area (Å²) >= 11 is 5.93. The molecular formula is C22H25ClN2O7S. The number of hydrogen-bond acceptors (Lipinski definition) is 7. The Morgan fingerprint density at radius 3 is 2.58 bits per heavy atom. The lowest BCUT2D eigenvalue weighted by Gasteiger charge is -2.22. The molecule has 0 saturated carbocycles. The minimum Gasteiger partial charge on any atom is -0.495 e. The van der Waals surface area contributed by atoms with Gasteiger partial charge < -0.3 is 19.9 Å². The van der Waals surface area contributed by atoms with Gasteiger partial charge >= 0.3 is 5.97 Å². The number of methoxy groups -OCH3 is 1. The van der Waals surface area contributed by atoms with E-state index in [1.165, 1.54) is 25.3 Å². The molecule has 9 nitrogen and oxygen atoms in total. The number of carbonyl (C=O) groups is 2. The first kappa shape index (κ1) is 25.0. The van der Waals surface area contributed by atoms with Crippen molar-refractivity contribution in [1.29, 1.82) is 0 Å². The monoisotopic (exact) mass is 496 g/mol. The van der Waals surface area contributed by atoms with E-state index in [2.05, 4.69) is 5.32 Å². The first-order valence-corrected chi connectivity index (χ1v) is 11.9. The Morgan fingerprint density at radius 2 is 1.91 bits per heavy atom. The molecule has 2 N–H and O–H groups in total. The number of esters is 1. The molecule has 1 unspecified atom stereocenters. The van der Waals surface area contributed by atoms with E-state index < -0.39 is 40.7 Å². The van der Waals surface area contributed by atoms with Gasteiger partial charge in [0, 0.05) is 18.0 Å². The van der Waals surface area contributed by atoms with Gasteiger partial charge in [-0.25, -0.2) is 8.42 Å². The molecule has 3 rings (SSSR count). The van der Waals surface area contributed by atoms with Crippen LogP contribution in [0.25, 0.3) is 0 Å². The number of aryl methyl sites for hydroxylation is 2. The summed E-state index contributed by atoms with van der Waals surface area (Å²) in [6, 6.07) is 8.04. The van der Waals surface area contributed by atoms with E-state index >= 15 is 0 Å². The fourth-order valence-corrected chi connectivity index (χ4v) is 5.36. The Labute approximate surface area is 197 Å². The molecule has 2 atom stereocenters. The standard InChI is InChI=1S/C22H25ClN2O7S/c1-13-4-6-17(8-14(13)2)33(29,30)25-11-16(26)10-19(25)22(28)32-12-21(27)24-18-9-15(23)5-7-20(18)31-3/h4-9,16,19,26H,10-12H2,1-3H3,(H,24,27)/t16?,19-/m0/s1. The number of benzene rings is 2. The van der Waals surface area contributed by atoms with Crippen LogP contribution in [0.4, 0.5) is 5.69 Å². The topological polar surface area (TPSA) is 122 Å². The van der Waals surface area contributed by atoms with Crippen LogP contribution in [0.1, 0.15) is 17.5 Å². The van der Waals surface area contributed by atoms with Crippen molar-refractivity contribution >= 4 is 39.2 Å². The number of hydrogen-bond donors (Lipinski definition) is 2. The number of ether oxygens (including phenoxy) is 2. The highest BCUT2D eigenvalue weighted by Gasteiger charge is 2.44. The zero-order chi connectivity index (χ0) is 24.3. The van der Waals surface area contributed by atoms with Crippen molar-refractivity contribution in [3.8, 4) is 5.75 Å². The average Bonchev–Trinajstić information content (AvgIpc) is 3.16. The summed E-state index contributed by atoms with van der Waals surface area (Å²) in [5.41, 5.74) is 2.00. The van der Waals surface area contributed by atoms with Crippen LogP contribution in [0.3, 0.4) is 0 Å². The van der Waals surface area contributed by atoms with Gasteiger partial charge in [-0.15, -0.1) is 0 Å². The molecule has 1 saturated heterocycles. The van der Waals surface area contributed by atoms with Crippen molar-refractivity contribution in [2.45, 2.75) is 37.3 Å². The molecule has 33 heavy (non-hydrogen) atoms. The smallest absolute Gasteiger partial charge is 0.325 e. The number of carbonyl (C=O) groups excluding carboxylic acids is 2. The van der Waals surface area contributed by atoms with Gasteiger partial charge in [0.25, 0.3) is 5.91 Å². The number of aliphatic hydroxyl groups excluding tert-OH is 1. The number of aliphatic hydroxyl groups is 1. The molecule has 0 radical (unpaired) electrons. The Balaban J connectivity index is 1.70. The summed E-state index contributed by atoms with van der Waals surface area (Å²) in [6.45, 7) is 2.74. The van der Waals surface area contributed by atoms with Gasteiger partial charge in [0.1, 0.15) is 11.8 Å². The maximum absolute atomic E-state index is 13.1. The second-order valence-corrected chi connectivity index (χ2v) is 10.1. The third-order valence-corrected chi connectivity index (χ3v) is 7.48. The Hall–Kier alpha value is -2.66.